The minimum absolute atomic E-state index is 0.223. The average Bonchev–Trinajstić information content (AvgIpc) is 2.86. The molecule has 0 fully saturated rings. The maximum atomic E-state index is 11.1. The van der Waals surface area contributed by atoms with Crippen LogP contribution in [0, 0.1) is 10.1 Å². The predicted molar refractivity (Wildman–Crippen MR) is 78.4 cm³/mol. The van der Waals surface area contributed by atoms with Gasteiger partial charge in [-0.2, -0.15) is 0 Å². The van der Waals surface area contributed by atoms with E-state index in [9.17, 15) is 14.9 Å². The van der Waals surface area contributed by atoms with Crippen molar-refractivity contribution in [2.24, 2.45) is 0 Å². The van der Waals surface area contributed by atoms with Gasteiger partial charge in [0.25, 0.3) is 5.69 Å². The van der Waals surface area contributed by atoms with Crippen molar-refractivity contribution in [1.29, 1.82) is 0 Å². The van der Waals surface area contributed by atoms with Crippen LogP contribution in [-0.4, -0.2) is 40.3 Å². The first-order valence-electron chi connectivity index (χ1n) is 5.59. The average molecular weight is 326 g/mol. The number of aromatic nitrogens is 2. The standard InChI is InChI=1S/C11H10N4O4S2/c1-14(2)10-12-13-11(21-10)20-7-5-3-4-6(9(16)17)8(7)15(18)19/h3-5H,1-2H3,(H,16,17). The lowest BCUT2D eigenvalue weighted by atomic mass is 10.2. The van der Waals surface area contributed by atoms with Crippen LogP contribution >= 0.6 is 23.1 Å². The molecule has 0 aliphatic heterocycles. The van der Waals surface area contributed by atoms with Gasteiger partial charge in [-0.05, 0) is 23.9 Å². The molecule has 1 aromatic heterocycles. The highest BCUT2D eigenvalue weighted by molar-refractivity contribution is 8.01. The van der Waals surface area contributed by atoms with Gasteiger partial charge in [0.2, 0.25) is 5.13 Å². The van der Waals surface area contributed by atoms with E-state index in [-0.39, 0.29) is 10.5 Å². The third kappa shape index (κ3) is 3.28. The number of hydrogen-bond acceptors (Lipinski definition) is 8. The fourth-order valence-corrected chi connectivity index (χ4v) is 3.34. The summed E-state index contributed by atoms with van der Waals surface area (Å²) in [4.78, 5) is 23.5. The number of rotatable bonds is 5. The number of anilines is 1. The zero-order valence-corrected chi connectivity index (χ0v) is 12.6. The van der Waals surface area contributed by atoms with Gasteiger partial charge in [-0.1, -0.05) is 17.4 Å². The number of para-hydroxylation sites is 1. The highest BCUT2D eigenvalue weighted by atomic mass is 32.2. The van der Waals surface area contributed by atoms with Crippen LogP contribution in [0.4, 0.5) is 10.8 Å². The Balaban J connectivity index is 2.41. The second-order valence-corrected chi connectivity index (χ2v) is 6.31. The molecule has 0 atom stereocenters. The number of carboxylic acid groups (broad SMARTS) is 1. The zero-order valence-electron chi connectivity index (χ0n) is 11.0. The molecule has 1 aromatic carbocycles. The quantitative estimate of drug-likeness (QED) is 0.658. The third-order valence-corrected chi connectivity index (χ3v) is 4.58. The van der Waals surface area contributed by atoms with E-state index in [4.69, 9.17) is 5.11 Å². The molecule has 2 rings (SSSR count). The van der Waals surface area contributed by atoms with Crippen molar-refractivity contribution in [1.82, 2.24) is 10.2 Å². The van der Waals surface area contributed by atoms with E-state index in [2.05, 4.69) is 10.2 Å². The van der Waals surface area contributed by atoms with Gasteiger partial charge < -0.3 is 10.0 Å². The molecule has 10 heteroatoms. The van der Waals surface area contributed by atoms with E-state index in [0.717, 1.165) is 11.8 Å². The first-order valence-corrected chi connectivity index (χ1v) is 7.23. The molecule has 0 amide bonds. The van der Waals surface area contributed by atoms with Crippen molar-refractivity contribution in [2.75, 3.05) is 19.0 Å². The van der Waals surface area contributed by atoms with Crippen LogP contribution in [0.1, 0.15) is 10.4 Å². The van der Waals surface area contributed by atoms with Gasteiger partial charge in [-0.15, -0.1) is 10.2 Å². The van der Waals surface area contributed by atoms with E-state index >= 15 is 0 Å². The Morgan fingerprint density at radius 3 is 2.67 bits per heavy atom. The molecular weight excluding hydrogens is 316 g/mol. The molecule has 1 N–H and O–H groups in total. The molecule has 1 heterocycles. The fourth-order valence-electron chi connectivity index (χ4n) is 1.48. The number of nitrogens with zero attached hydrogens (tertiary/aromatic N) is 4. The van der Waals surface area contributed by atoms with Crippen LogP contribution in [0.5, 0.6) is 0 Å². The van der Waals surface area contributed by atoms with E-state index in [1.54, 1.807) is 4.90 Å². The number of aromatic carboxylic acids is 1. The summed E-state index contributed by atoms with van der Waals surface area (Å²) < 4.78 is 0.504. The van der Waals surface area contributed by atoms with Crippen molar-refractivity contribution in [3.63, 3.8) is 0 Å². The zero-order chi connectivity index (χ0) is 15.6. The Bertz CT molecular complexity index is 701. The van der Waals surface area contributed by atoms with Gasteiger partial charge in [0.05, 0.1) is 9.82 Å². The summed E-state index contributed by atoms with van der Waals surface area (Å²) in [7, 11) is 3.62. The van der Waals surface area contributed by atoms with E-state index in [1.165, 1.54) is 29.5 Å². The predicted octanol–water partition coefficient (Wildman–Crippen LogP) is 2.36. The normalized spacial score (nSPS) is 10.4. The summed E-state index contributed by atoms with van der Waals surface area (Å²) in [5, 5.41) is 28.7. The second-order valence-electron chi connectivity index (χ2n) is 4.06. The summed E-state index contributed by atoms with van der Waals surface area (Å²) in [6, 6.07) is 4.16. The number of benzene rings is 1. The molecule has 0 radical (unpaired) electrons. The Morgan fingerprint density at radius 1 is 1.43 bits per heavy atom. The molecule has 0 unspecified atom stereocenters. The van der Waals surface area contributed by atoms with Crippen LogP contribution in [-0.2, 0) is 0 Å². The molecule has 21 heavy (non-hydrogen) atoms. The number of carboxylic acids is 1. The topological polar surface area (TPSA) is 109 Å². The van der Waals surface area contributed by atoms with Crippen LogP contribution < -0.4 is 4.90 Å². The highest BCUT2D eigenvalue weighted by Crippen LogP contribution is 2.39. The monoisotopic (exact) mass is 326 g/mol. The van der Waals surface area contributed by atoms with Crippen LogP contribution in [0.2, 0.25) is 0 Å². The summed E-state index contributed by atoms with van der Waals surface area (Å²) in [5.41, 5.74) is -0.779. The van der Waals surface area contributed by atoms with Crippen molar-refractivity contribution in [3.05, 3.63) is 33.9 Å². The van der Waals surface area contributed by atoms with Gasteiger partial charge in [0.1, 0.15) is 5.56 Å². The maximum Gasteiger partial charge on any atom is 0.342 e. The number of nitro benzene ring substituents is 1. The summed E-state index contributed by atoms with van der Waals surface area (Å²) in [6.07, 6.45) is 0. The lowest BCUT2D eigenvalue weighted by Gasteiger charge is -2.04. The van der Waals surface area contributed by atoms with Gasteiger partial charge in [0, 0.05) is 14.1 Å². The first-order chi connectivity index (χ1) is 9.90. The Kier molecular flexibility index (Phi) is 4.38. The van der Waals surface area contributed by atoms with Crippen LogP contribution in [0.15, 0.2) is 27.4 Å². The molecule has 0 saturated carbocycles. The number of nitro groups is 1. The molecule has 0 saturated heterocycles. The van der Waals surface area contributed by atoms with Crippen LogP contribution in [0.3, 0.4) is 0 Å². The lowest BCUT2D eigenvalue weighted by Crippen LogP contribution is -2.07. The van der Waals surface area contributed by atoms with E-state index < -0.39 is 16.6 Å². The molecular formula is C11H10N4O4S2. The smallest absolute Gasteiger partial charge is 0.342 e. The summed E-state index contributed by atoms with van der Waals surface area (Å²) >= 11 is 2.29. The number of carbonyl (C=O) groups is 1. The second kappa shape index (κ2) is 6.06. The Hall–Kier alpha value is -2.20. The minimum Gasteiger partial charge on any atom is -0.477 e. The Labute approximate surface area is 127 Å². The molecule has 2 aromatic rings. The highest BCUT2D eigenvalue weighted by Gasteiger charge is 2.25. The summed E-state index contributed by atoms with van der Waals surface area (Å²) in [5.74, 6) is -1.34. The Morgan fingerprint density at radius 2 is 2.14 bits per heavy atom. The third-order valence-electron chi connectivity index (χ3n) is 2.39. The van der Waals surface area contributed by atoms with Crippen molar-refractivity contribution in [2.45, 2.75) is 9.24 Å². The van der Waals surface area contributed by atoms with Crippen LogP contribution in [0.25, 0.3) is 0 Å². The van der Waals surface area contributed by atoms with Crippen molar-refractivity contribution in [3.8, 4) is 0 Å². The van der Waals surface area contributed by atoms with E-state index in [1.807, 2.05) is 14.1 Å². The summed E-state index contributed by atoms with van der Waals surface area (Å²) in [6.45, 7) is 0. The van der Waals surface area contributed by atoms with Crippen molar-refractivity contribution < 1.29 is 14.8 Å². The van der Waals surface area contributed by atoms with Gasteiger partial charge in [-0.3, -0.25) is 10.1 Å². The van der Waals surface area contributed by atoms with Crippen molar-refractivity contribution >= 4 is 39.9 Å². The van der Waals surface area contributed by atoms with Gasteiger partial charge in [-0.25, -0.2) is 4.79 Å². The first kappa shape index (κ1) is 15.2. The molecule has 0 aliphatic carbocycles. The number of hydrogen-bond donors (Lipinski definition) is 1. The van der Waals surface area contributed by atoms with Gasteiger partial charge in [0.15, 0.2) is 4.34 Å². The molecule has 110 valence electrons. The fraction of sp³-hybridized carbons (Fsp3) is 0.182. The van der Waals surface area contributed by atoms with E-state index in [0.29, 0.717) is 9.47 Å². The lowest BCUT2D eigenvalue weighted by molar-refractivity contribution is -0.388. The minimum atomic E-state index is -1.34. The molecule has 0 spiro atoms. The van der Waals surface area contributed by atoms with Gasteiger partial charge >= 0.3 is 5.97 Å². The maximum absolute atomic E-state index is 11.1. The SMILES string of the molecule is CN(C)c1nnc(Sc2cccc(C(=O)O)c2[N+](=O)[O-])s1. The molecule has 0 aliphatic rings. The largest absolute Gasteiger partial charge is 0.477 e. The molecule has 8 nitrogen and oxygen atoms in total. The molecule has 0 bridgehead atoms.